The fraction of sp³-hybridized carbons (Fsp3) is 0.360. The number of nitrogens with one attached hydrogen (secondary N) is 1. The number of aryl methyl sites for hydroxylation is 1. The third-order valence-electron chi connectivity index (χ3n) is 5.39. The monoisotopic (exact) mass is 530 g/mol. The standard InChI is InChI=1S/C25H27BrN2O6/c1-3-4-11-33-24(31)17-5-8-20(9-6-17)28-14-18(13-23(28)30)25(32)34-15-22(29)27-19-7-10-21(26)16(2)12-19/h5-10,12,18H,3-4,11,13-15H2,1-2H3,(H,27,29)/t18-/m1/s1. The lowest BCUT2D eigenvalue weighted by Gasteiger charge is -2.17. The van der Waals surface area contributed by atoms with Crippen LogP contribution < -0.4 is 10.2 Å². The second-order valence-corrected chi connectivity index (χ2v) is 8.92. The number of amides is 2. The molecule has 1 aliphatic rings. The van der Waals surface area contributed by atoms with Gasteiger partial charge in [-0.15, -0.1) is 0 Å². The normalized spacial score (nSPS) is 15.2. The number of esters is 2. The van der Waals surface area contributed by atoms with Crippen LogP contribution in [-0.4, -0.2) is 43.5 Å². The average Bonchev–Trinajstić information content (AvgIpc) is 3.21. The van der Waals surface area contributed by atoms with Gasteiger partial charge in [-0.25, -0.2) is 4.79 Å². The maximum atomic E-state index is 12.5. The second-order valence-electron chi connectivity index (χ2n) is 8.06. The molecule has 8 nitrogen and oxygen atoms in total. The van der Waals surface area contributed by atoms with E-state index in [4.69, 9.17) is 9.47 Å². The Kier molecular flexibility index (Phi) is 8.81. The molecule has 2 aromatic rings. The predicted molar refractivity (Wildman–Crippen MR) is 131 cm³/mol. The van der Waals surface area contributed by atoms with Crippen molar-refractivity contribution in [3.63, 3.8) is 0 Å². The Morgan fingerprint density at radius 2 is 1.85 bits per heavy atom. The topological polar surface area (TPSA) is 102 Å². The van der Waals surface area contributed by atoms with Crippen LogP contribution in [0, 0.1) is 12.8 Å². The van der Waals surface area contributed by atoms with E-state index < -0.39 is 30.4 Å². The SMILES string of the molecule is CCCCOC(=O)c1ccc(N2C[C@H](C(=O)OCC(=O)Nc3ccc(Br)c(C)c3)CC2=O)cc1. The third kappa shape index (κ3) is 6.66. The van der Waals surface area contributed by atoms with Crippen LogP contribution in [0.3, 0.4) is 0 Å². The van der Waals surface area contributed by atoms with Crippen LogP contribution in [0.1, 0.15) is 42.1 Å². The molecule has 1 fully saturated rings. The van der Waals surface area contributed by atoms with Gasteiger partial charge >= 0.3 is 11.9 Å². The molecule has 34 heavy (non-hydrogen) atoms. The van der Waals surface area contributed by atoms with Gasteiger partial charge in [-0.05, 0) is 61.4 Å². The summed E-state index contributed by atoms with van der Waals surface area (Å²) in [6.07, 6.45) is 1.73. The molecule has 9 heteroatoms. The first kappa shape index (κ1) is 25.4. The van der Waals surface area contributed by atoms with Gasteiger partial charge in [-0.2, -0.15) is 0 Å². The largest absolute Gasteiger partial charge is 0.462 e. The first-order valence-corrected chi connectivity index (χ1v) is 11.9. The maximum absolute atomic E-state index is 12.5. The molecule has 1 saturated heterocycles. The zero-order chi connectivity index (χ0) is 24.7. The van der Waals surface area contributed by atoms with Crippen LogP contribution in [0.2, 0.25) is 0 Å². The molecular weight excluding hydrogens is 504 g/mol. The van der Waals surface area contributed by atoms with Crippen molar-refractivity contribution in [2.24, 2.45) is 5.92 Å². The van der Waals surface area contributed by atoms with E-state index in [0.29, 0.717) is 23.5 Å². The fourth-order valence-electron chi connectivity index (χ4n) is 3.46. The fourth-order valence-corrected chi connectivity index (χ4v) is 3.71. The highest BCUT2D eigenvalue weighted by atomic mass is 79.9. The van der Waals surface area contributed by atoms with Gasteiger partial charge in [0.25, 0.3) is 5.91 Å². The van der Waals surface area contributed by atoms with Crippen molar-refractivity contribution in [2.75, 3.05) is 30.0 Å². The molecule has 2 amide bonds. The van der Waals surface area contributed by atoms with Gasteiger partial charge in [0.2, 0.25) is 5.91 Å². The van der Waals surface area contributed by atoms with Crippen molar-refractivity contribution in [1.82, 2.24) is 0 Å². The smallest absolute Gasteiger partial charge is 0.338 e. The van der Waals surface area contributed by atoms with Crippen LogP contribution in [0.5, 0.6) is 0 Å². The van der Waals surface area contributed by atoms with Crippen molar-refractivity contribution in [1.29, 1.82) is 0 Å². The lowest BCUT2D eigenvalue weighted by atomic mass is 10.1. The van der Waals surface area contributed by atoms with Crippen LogP contribution in [0.25, 0.3) is 0 Å². The van der Waals surface area contributed by atoms with Gasteiger partial charge in [0, 0.05) is 28.8 Å². The van der Waals surface area contributed by atoms with Gasteiger partial charge < -0.3 is 19.7 Å². The number of nitrogens with zero attached hydrogens (tertiary/aromatic N) is 1. The van der Waals surface area contributed by atoms with Gasteiger partial charge in [0.15, 0.2) is 6.61 Å². The Morgan fingerprint density at radius 1 is 1.12 bits per heavy atom. The van der Waals surface area contributed by atoms with Crippen molar-refractivity contribution in [3.05, 3.63) is 58.1 Å². The van der Waals surface area contributed by atoms with Crippen molar-refractivity contribution in [2.45, 2.75) is 33.1 Å². The first-order chi connectivity index (χ1) is 16.3. The van der Waals surface area contributed by atoms with Crippen LogP contribution in [-0.2, 0) is 23.9 Å². The molecule has 0 spiro atoms. The average molecular weight is 531 g/mol. The third-order valence-corrected chi connectivity index (χ3v) is 6.28. The summed E-state index contributed by atoms with van der Waals surface area (Å²) < 4.78 is 11.3. The minimum Gasteiger partial charge on any atom is -0.462 e. The molecule has 0 aromatic heterocycles. The quantitative estimate of drug-likeness (QED) is 0.384. The second kappa shape index (κ2) is 11.8. The molecule has 0 radical (unpaired) electrons. The molecule has 1 atom stereocenters. The minimum absolute atomic E-state index is 0.00678. The van der Waals surface area contributed by atoms with E-state index in [-0.39, 0.29) is 18.9 Å². The van der Waals surface area contributed by atoms with E-state index in [2.05, 4.69) is 21.2 Å². The number of hydrogen-bond donors (Lipinski definition) is 1. The van der Waals surface area contributed by atoms with E-state index in [9.17, 15) is 19.2 Å². The molecule has 180 valence electrons. The summed E-state index contributed by atoms with van der Waals surface area (Å²) in [6.45, 7) is 3.99. The Labute approximate surface area is 206 Å². The summed E-state index contributed by atoms with van der Waals surface area (Å²) in [7, 11) is 0. The molecule has 1 aliphatic heterocycles. The van der Waals surface area contributed by atoms with E-state index >= 15 is 0 Å². The molecule has 1 N–H and O–H groups in total. The van der Waals surface area contributed by atoms with E-state index in [1.807, 2.05) is 19.9 Å². The zero-order valence-corrected chi connectivity index (χ0v) is 20.7. The summed E-state index contributed by atoms with van der Waals surface area (Å²) in [6, 6.07) is 11.8. The molecule has 3 rings (SSSR count). The summed E-state index contributed by atoms with van der Waals surface area (Å²) in [5, 5.41) is 2.68. The number of benzene rings is 2. The molecule has 2 aromatic carbocycles. The number of rotatable bonds is 9. The van der Waals surface area contributed by atoms with Crippen molar-refractivity contribution in [3.8, 4) is 0 Å². The van der Waals surface area contributed by atoms with Gasteiger partial charge in [-0.1, -0.05) is 29.3 Å². The summed E-state index contributed by atoms with van der Waals surface area (Å²) in [4.78, 5) is 50.5. The number of unbranched alkanes of at least 4 members (excludes halogenated alkanes) is 1. The highest BCUT2D eigenvalue weighted by Gasteiger charge is 2.36. The Hall–Kier alpha value is -3.20. The summed E-state index contributed by atoms with van der Waals surface area (Å²) in [5.74, 6) is -2.37. The van der Waals surface area contributed by atoms with Gasteiger partial charge in [0.1, 0.15) is 0 Å². The van der Waals surface area contributed by atoms with Crippen molar-refractivity contribution >= 4 is 51.1 Å². The summed E-state index contributed by atoms with van der Waals surface area (Å²) >= 11 is 3.40. The zero-order valence-electron chi connectivity index (χ0n) is 19.1. The minimum atomic E-state index is -0.672. The Bertz CT molecular complexity index is 1070. The highest BCUT2D eigenvalue weighted by Crippen LogP contribution is 2.26. The van der Waals surface area contributed by atoms with E-state index in [0.717, 1.165) is 22.9 Å². The van der Waals surface area contributed by atoms with Gasteiger partial charge in [-0.3, -0.25) is 14.4 Å². The molecule has 0 bridgehead atoms. The summed E-state index contributed by atoms with van der Waals surface area (Å²) in [5.41, 5.74) is 2.53. The number of halogens is 1. The number of hydrogen-bond acceptors (Lipinski definition) is 6. The first-order valence-electron chi connectivity index (χ1n) is 11.1. The Morgan fingerprint density at radius 3 is 2.53 bits per heavy atom. The number of carbonyl (C=O) groups excluding carboxylic acids is 4. The van der Waals surface area contributed by atoms with Crippen molar-refractivity contribution < 1.29 is 28.7 Å². The molecule has 0 unspecified atom stereocenters. The van der Waals surface area contributed by atoms with Crippen LogP contribution in [0.15, 0.2) is 46.9 Å². The van der Waals surface area contributed by atoms with Crippen LogP contribution >= 0.6 is 15.9 Å². The lowest BCUT2D eigenvalue weighted by Crippen LogP contribution is -2.28. The lowest BCUT2D eigenvalue weighted by molar-refractivity contribution is -0.151. The molecular formula is C25H27BrN2O6. The van der Waals surface area contributed by atoms with Crippen LogP contribution in [0.4, 0.5) is 11.4 Å². The number of carbonyl (C=O) groups is 4. The number of anilines is 2. The van der Waals surface area contributed by atoms with E-state index in [1.54, 1.807) is 36.4 Å². The maximum Gasteiger partial charge on any atom is 0.338 e. The number of ether oxygens (including phenoxy) is 2. The molecule has 1 heterocycles. The highest BCUT2D eigenvalue weighted by molar-refractivity contribution is 9.10. The molecule has 0 saturated carbocycles. The molecule has 0 aliphatic carbocycles. The van der Waals surface area contributed by atoms with E-state index in [1.165, 1.54) is 4.90 Å². The predicted octanol–water partition coefficient (Wildman–Crippen LogP) is 4.25. The van der Waals surface area contributed by atoms with Gasteiger partial charge in [0.05, 0.1) is 18.1 Å². The Balaban J connectivity index is 1.50.